The first-order chi connectivity index (χ1) is 7.18. The van der Waals surface area contributed by atoms with E-state index in [1.54, 1.807) is 13.1 Å². The number of carbonyl (C=O) groups is 1. The summed E-state index contributed by atoms with van der Waals surface area (Å²) in [4.78, 5) is 10.4. The maximum atomic E-state index is 10.4. The molecule has 0 atom stereocenters. The van der Waals surface area contributed by atoms with Crippen molar-refractivity contribution in [2.45, 2.75) is 52.4 Å². The summed E-state index contributed by atoms with van der Waals surface area (Å²) in [5.74, 6) is -0.856. The van der Waals surface area contributed by atoms with Gasteiger partial charge in [-0.2, -0.15) is 0 Å². The van der Waals surface area contributed by atoms with Gasteiger partial charge in [0.25, 0.3) is 0 Å². The third-order valence-electron chi connectivity index (χ3n) is 2.33. The van der Waals surface area contributed by atoms with Gasteiger partial charge in [0, 0.05) is 18.3 Å². The van der Waals surface area contributed by atoms with Crippen molar-refractivity contribution >= 4 is 5.97 Å². The third-order valence-corrected chi connectivity index (χ3v) is 2.33. The molecule has 0 heterocycles. The van der Waals surface area contributed by atoms with Crippen molar-refractivity contribution in [2.75, 3.05) is 6.54 Å². The van der Waals surface area contributed by atoms with E-state index in [-0.39, 0.29) is 0 Å². The van der Waals surface area contributed by atoms with E-state index in [1.165, 1.54) is 32.1 Å². The molecule has 0 aliphatic rings. The molecule has 0 amide bonds. The normalized spacial score (nSPS) is 11.5. The molecule has 3 nitrogen and oxygen atoms in total. The van der Waals surface area contributed by atoms with Gasteiger partial charge in [0.15, 0.2) is 0 Å². The van der Waals surface area contributed by atoms with Gasteiger partial charge in [-0.25, -0.2) is 4.79 Å². The van der Waals surface area contributed by atoms with Crippen LogP contribution < -0.4 is 5.32 Å². The molecule has 0 fully saturated rings. The fraction of sp³-hybridized carbons (Fsp3) is 0.750. The molecular formula is C12H23NO2. The molecule has 0 radical (unpaired) electrons. The molecule has 0 saturated carbocycles. The molecule has 88 valence electrons. The molecule has 0 aliphatic carbocycles. The van der Waals surface area contributed by atoms with Crippen LogP contribution in [0.4, 0.5) is 0 Å². The molecule has 0 bridgehead atoms. The average molecular weight is 213 g/mol. The summed E-state index contributed by atoms with van der Waals surface area (Å²) < 4.78 is 0. The van der Waals surface area contributed by atoms with Gasteiger partial charge < -0.3 is 10.4 Å². The Morgan fingerprint density at radius 3 is 2.40 bits per heavy atom. The van der Waals surface area contributed by atoms with Crippen LogP contribution >= 0.6 is 0 Å². The van der Waals surface area contributed by atoms with Crippen molar-refractivity contribution in [3.63, 3.8) is 0 Å². The Bertz CT molecular complexity index is 200. The lowest BCUT2D eigenvalue weighted by Crippen LogP contribution is -2.10. The van der Waals surface area contributed by atoms with Crippen LogP contribution in [0.5, 0.6) is 0 Å². The van der Waals surface area contributed by atoms with Crippen LogP contribution in [0.2, 0.25) is 0 Å². The highest BCUT2D eigenvalue weighted by molar-refractivity contribution is 5.85. The van der Waals surface area contributed by atoms with E-state index >= 15 is 0 Å². The second-order valence-electron chi connectivity index (χ2n) is 3.85. The third kappa shape index (κ3) is 9.32. The molecule has 3 heteroatoms. The topological polar surface area (TPSA) is 49.3 Å². The molecule has 0 unspecified atom stereocenters. The van der Waals surface area contributed by atoms with Crippen LogP contribution in [-0.4, -0.2) is 17.6 Å². The molecule has 0 rings (SSSR count). The summed E-state index contributed by atoms with van der Waals surface area (Å²) in [5.41, 5.74) is 0.362. The number of aliphatic carboxylic acids is 1. The Morgan fingerprint density at radius 1 is 1.20 bits per heavy atom. The molecule has 0 spiro atoms. The first-order valence-corrected chi connectivity index (χ1v) is 5.82. The number of rotatable bonds is 9. The Balaban J connectivity index is 3.25. The molecule has 0 aliphatic heterocycles. The monoisotopic (exact) mass is 213 g/mol. The van der Waals surface area contributed by atoms with Crippen LogP contribution in [0.1, 0.15) is 52.4 Å². The van der Waals surface area contributed by atoms with Crippen molar-refractivity contribution in [1.29, 1.82) is 0 Å². The van der Waals surface area contributed by atoms with Gasteiger partial charge in [0.1, 0.15) is 0 Å². The largest absolute Gasteiger partial charge is 0.478 e. The maximum absolute atomic E-state index is 10.4. The van der Waals surface area contributed by atoms with E-state index < -0.39 is 5.97 Å². The summed E-state index contributed by atoms with van der Waals surface area (Å²) in [5, 5.41) is 11.6. The fourth-order valence-corrected chi connectivity index (χ4v) is 1.29. The fourth-order valence-electron chi connectivity index (χ4n) is 1.29. The first kappa shape index (κ1) is 14.0. The van der Waals surface area contributed by atoms with E-state index in [0.717, 1.165) is 13.0 Å². The Kier molecular flexibility index (Phi) is 8.93. The molecule has 0 aromatic heterocycles. The Labute approximate surface area is 92.6 Å². The minimum atomic E-state index is -0.856. The predicted octanol–water partition coefficient (Wildman–Crippen LogP) is 2.92. The molecule has 0 aromatic rings. The van der Waals surface area contributed by atoms with E-state index in [9.17, 15) is 4.79 Å². The van der Waals surface area contributed by atoms with Crippen molar-refractivity contribution in [3.8, 4) is 0 Å². The van der Waals surface area contributed by atoms with Gasteiger partial charge in [-0.15, -0.1) is 0 Å². The summed E-state index contributed by atoms with van der Waals surface area (Å²) >= 11 is 0. The standard InChI is InChI=1S/C12H23NO2/c1-3-4-5-6-7-8-9-13-10-11(2)12(14)15/h10,13H,3-9H2,1-2H3,(H,14,15)/b11-10+. The number of carboxylic acid groups (broad SMARTS) is 1. The molecular weight excluding hydrogens is 190 g/mol. The predicted molar refractivity (Wildman–Crippen MR) is 62.8 cm³/mol. The lowest BCUT2D eigenvalue weighted by Gasteiger charge is -2.02. The van der Waals surface area contributed by atoms with Crippen LogP contribution in [0, 0.1) is 0 Å². The van der Waals surface area contributed by atoms with Gasteiger partial charge in [-0.1, -0.05) is 39.0 Å². The zero-order valence-electron chi connectivity index (χ0n) is 9.88. The van der Waals surface area contributed by atoms with Gasteiger partial charge >= 0.3 is 5.97 Å². The maximum Gasteiger partial charge on any atom is 0.332 e. The quantitative estimate of drug-likeness (QED) is 0.457. The average Bonchev–Trinajstić information content (AvgIpc) is 2.21. The smallest absolute Gasteiger partial charge is 0.332 e. The second kappa shape index (κ2) is 9.56. The van der Waals surface area contributed by atoms with Crippen molar-refractivity contribution < 1.29 is 9.90 Å². The van der Waals surface area contributed by atoms with Gasteiger partial charge in [-0.3, -0.25) is 0 Å². The Morgan fingerprint density at radius 2 is 1.80 bits per heavy atom. The minimum Gasteiger partial charge on any atom is -0.478 e. The number of carboxylic acids is 1. The highest BCUT2D eigenvalue weighted by Gasteiger charge is 1.97. The lowest BCUT2D eigenvalue weighted by atomic mass is 10.1. The number of hydrogen-bond acceptors (Lipinski definition) is 2. The highest BCUT2D eigenvalue weighted by atomic mass is 16.4. The highest BCUT2D eigenvalue weighted by Crippen LogP contribution is 2.04. The Hall–Kier alpha value is -0.990. The van der Waals surface area contributed by atoms with Crippen LogP contribution in [0.25, 0.3) is 0 Å². The SMILES string of the molecule is CCCCCCCCN/C=C(\C)C(=O)O. The van der Waals surface area contributed by atoms with Crippen molar-refractivity contribution in [3.05, 3.63) is 11.8 Å². The van der Waals surface area contributed by atoms with Gasteiger partial charge in [-0.05, 0) is 13.3 Å². The van der Waals surface area contributed by atoms with E-state index in [1.807, 2.05) is 0 Å². The molecule has 15 heavy (non-hydrogen) atoms. The van der Waals surface area contributed by atoms with Gasteiger partial charge in [0.05, 0.1) is 0 Å². The summed E-state index contributed by atoms with van der Waals surface area (Å²) in [6.45, 7) is 4.67. The van der Waals surface area contributed by atoms with Crippen molar-refractivity contribution in [2.24, 2.45) is 0 Å². The van der Waals surface area contributed by atoms with E-state index in [2.05, 4.69) is 12.2 Å². The molecule has 0 aromatic carbocycles. The molecule has 0 saturated heterocycles. The van der Waals surface area contributed by atoms with Crippen LogP contribution in [0.15, 0.2) is 11.8 Å². The molecule has 2 N–H and O–H groups in total. The number of nitrogens with one attached hydrogen (secondary N) is 1. The van der Waals surface area contributed by atoms with Crippen molar-refractivity contribution in [1.82, 2.24) is 5.32 Å². The second-order valence-corrected chi connectivity index (χ2v) is 3.85. The summed E-state index contributed by atoms with van der Waals surface area (Å²) in [6.07, 6.45) is 9.14. The zero-order valence-corrected chi connectivity index (χ0v) is 9.88. The van der Waals surface area contributed by atoms with E-state index in [4.69, 9.17) is 5.11 Å². The summed E-state index contributed by atoms with van der Waals surface area (Å²) in [7, 11) is 0. The van der Waals surface area contributed by atoms with E-state index in [0.29, 0.717) is 5.57 Å². The minimum absolute atomic E-state index is 0.362. The van der Waals surface area contributed by atoms with Gasteiger partial charge in [0.2, 0.25) is 0 Å². The lowest BCUT2D eigenvalue weighted by molar-refractivity contribution is -0.132. The summed E-state index contributed by atoms with van der Waals surface area (Å²) in [6, 6.07) is 0. The first-order valence-electron chi connectivity index (χ1n) is 5.82. The number of hydrogen-bond donors (Lipinski definition) is 2. The zero-order chi connectivity index (χ0) is 11.5. The van der Waals surface area contributed by atoms with Crippen LogP contribution in [0.3, 0.4) is 0 Å². The van der Waals surface area contributed by atoms with Crippen LogP contribution in [-0.2, 0) is 4.79 Å². The number of unbranched alkanes of at least 4 members (excludes halogenated alkanes) is 5.